The Balaban J connectivity index is 1.62. The third-order valence-corrected chi connectivity index (χ3v) is 4.43. The molecule has 6 heteroatoms. The predicted octanol–water partition coefficient (Wildman–Crippen LogP) is 2.39. The van der Waals surface area contributed by atoms with Gasteiger partial charge in [-0.05, 0) is 33.3 Å². The second-order valence-electron chi connectivity index (χ2n) is 6.41. The zero-order chi connectivity index (χ0) is 16.4. The summed E-state index contributed by atoms with van der Waals surface area (Å²) in [4.78, 5) is 15.5. The van der Waals surface area contributed by atoms with Gasteiger partial charge in [0.25, 0.3) is 0 Å². The van der Waals surface area contributed by atoms with Gasteiger partial charge in [0.05, 0.1) is 12.6 Å². The minimum Gasteiger partial charge on any atom is -0.463 e. The molecule has 1 unspecified atom stereocenters. The van der Waals surface area contributed by atoms with Gasteiger partial charge in [-0.2, -0.15) is 0 Å². The summed E-state index contributed by atoms with van der Waals surface area (Å²) in [6.45, 7) is 11.3. The van der Waals surface area contributed by atoms with Crippen molar-refractivity contribution < 1.29 is 4.74 Å². The molecule has 0 fully saturated rings. The fourth-order valence-corrected chi connectivity index (χ4v) is 3.18. The molecule has 0 saturated carbocycles. The molecule has 0 spiro atoms. The molecular formula is C17H25N5O. The topological polar surface area (TPSA) is 56.1 Å². The fourth-order valence-electron chi connectivity index (χ4n) is 3.18. The third kappa shape index (κ3) is 3.37. The minimum atomic E-state index is 0.360. The number of hydrogen-bond donors (Lipinski definition) is 0. The molecular weight excluding hydrogens is 290 g/mol. The molecule has 2 aromatic heterocycles. The Hall–Kier alpha value is -1.95. The van der Waals surface area contributed by atoms with E-state index in [2.05, 4.69) is 45.2 Å². The number of nitrogens with zero attached hydrogens (tertiary/aromatic N) is 5. The molecule has 0 amide bonds. The fraction of sp³-hybridized carbons (Fsp3) is 0.588. The van der Waals surface area contributed by atoms with Gasteiger partial charge in [0.1, 0.15) is 5.82 Å². The van der Waals surface area contributed by atoms with Crippen LogP contribution in [0.3, 0.4) is 0 Å². The zero-order valence-electron chi connectivity index (χ0n) is 14.4. The number of rotatable bonds is 5. The Morgan fingerprint density at radius 3 is 2.61 bits per heavy atom. The van der Waals surface area contributed by atoms with E-state index in [0.717, 1.165) is 30.9 Å². The van der Waals surface area contributed by atoms with Gasteiger partial charge >= 0.3 is 6.01 Å². The van der Waals surface area contributed by atoms with Crippen LogP contribution in [0, 0.1) is 6.92 Å². The average Bonchev–Trinajstić information content (AvgIpc) is 2.93. The molecule has 0 saturated heterocycles. The number of imidazole rings is 1. The van der Waals surface area contributed by atoms with Crippen LogP contribution < -0.4 is 4.74 Å². The summed E-state index contributed by atoms with van der Waals surface area (Å²) >= 11 is 0. The number of aryl methyl sites for hydroxylation is 1. The third-order valence-electron chi connectivity index (χ3n) is 4.43. The molecule has 0 aliphatic carbocycles. The van der Waals surface area contributed by atoms with Crippen LogP contribution in [0.15, 0.2) is 18.6 Å². The number of fused-ring (bicyclic) bond motifs is 1. The molecule has 1 aliphatic rings. The summed E-state index contributed by atoms with van der Waals surface area (Å²) in [7, 11) is 0. The molecule has 1 atom stereocenters. The SMILES string of the molecule is Cc1cnc(OCCc2cnc3n2CCN(C(C)C)C3C)nc1. The highest BCUT2D eigenvalue weighted by molar-refractivity contribution is 5.12. The van der Waals surface area contributed by atoms with E-state index in [1.807, 2.05) is 13.1 Å². The molecule has 0 radical (unpaired) electrons. The molecule has 23 heavy (non-hydrogen) atoms. The summed E-state index contributed by atoms with van der Waals surface area (Å²) < 4.78 is 7.97. The van der Waals surface area contributed by atoms with Crippen molar-refractivity contribution in [1.29, 1.82) is 0 Å². The van der Waals surface area contributed by atoms with E-state index in [0.29, 0.717) is 24.7 Å². The molecule has 3 heterocycles. The first-order valence-electron chi connectivity index (χ1n) is 8.27. The maximum atomic E-state index is 5.64. The maximum Gasteiger partial charge on any atom is 0.316 e. The second-order valence-corrected chi connectivity index (χ2v) is 6.41. The van der Waals surface area contributed by atoms with Crippen LogP contribution in [0.25, 0.3) is 0 Å². The van der Waals surface area contributed by atoms with Crippen LogP contribution in [0.4, 0.5) is 0 Å². The minimum absolute atomic E-state index is 0.360. The molecule has 3 rings (SSSR count). The number of hydrogen-bond acceptors (Lipinski definition) is 5. The monoisotopic (exact) mass is 315 g/mol. The lowest BCUT2D eigenvalue weighted by Crippen LogP contribution is -2.41. The van der Waals surface area contributed by atoms with E-state index in [1.165, 1.54) is 5.69 Å². The first-order chi connectivity index (χ1) is 11.1. The molecule has 124 valence electrons. The van der Waals surface area contributed by atoms with Gasteiger partial charge in [0, 0.05) is 49.8 Å². The smallest absolute Gasteiger partial charge is 0.316 e. The van der Waals surface area contributed by atoms with Gasteiger partial charge in [-0.25, -0.2) is 15.0 Å². The summed E-state index contributed by atoms with van der Waals surface area (Å²) in [6.07, 6.45) is 6.34. The second kappa shape index (κ2) is 6.66. The van der Waals surface area contributed by atoms with Crippen molar-refractivity contribution in [2.45, 2.75) is 52.7 Å². The van der Waals surface area contributed by atoms with Gasteiger partial charge in [-0.3, -0.25) is 4.90 Å². The Labute approximate surface area is 137 Å². The number of aromatic nitrogens is 4. The van der Waals surface area contributed by atoms with Crippen LogP contribution in [-0.2, 0) is 13.0 Å². The highest BCUT2D eigenvalue weighted by Crippen LogP contribution is 2.27. The lowest BCUT2D eigenvalue weighted by Gasteiger charge is -2.37. The van der Waals surface area contributed by atoms with Crippen LogP contribution in [-0.4, -0.2) is 43.6 Å². The van der Waals surface area contributed by atoms with Crippen LogP contribution >= 0.6 is 0 Å². The van der Waals surface area contributed by atoms with Crippen LogP contribution in [0.2, 0.25) is 0 Å². The maximum absolute atomic E-state index is 5.64. The van der Waals surface area contributed by atoms with Crippen molar-refractivity contribution in [3.8, 4) is 6.01 Å². The Morgan fingerprint density at radius 2 is 1.91 bits per heavy atom. The average molecular weight is 315 g/mol. The Bertz CT molecular complexity index is 650. The van der Waals surface area contributed by atoms with Gasteiger partial charge in [-0.15, -0.1) is 0 Å². The summed E-state index contributed by atoms with van der Waals surface area (Å²) in [5.74, 6) is 1.16. The van der Waals surface area contributed by atoms with Gasteiger partial charge < -0.3 is 9.30 Å². The normalized spacial score (nSPS) is 18.2. The van der Waals surface area contributed by atoms with Gasteiger partial charge in [-0.1, -0.05) is 0 Å². The Morgan fingerprint density at radius 1 is 1.17 bits per heavy atom. The lowest BCUT2D eigenvalue weighted by molar-refractivity contribution is 0.125. The van der Waals surface area contributed by atoms with Gasteiger partial charge in [0.15, 0.2) is 0 Å². The molecule has 6 nitrogen and oxygen atoms in total. The van der Waals surface area contributed by atoms with Crippen molar-refractivity contribution in [1.82, 2.24) is 24.4 Å². The van der Waals surface area contributed by atoms with Crippen LogP contribution in [0.1, 0.15) is 43.9 Å². The Kier molecular flexibility index (Phi) is 4.61. The predicted molar refractivity (Wildman–Crippen MR) is 88.5 cm³/mol. The molecule has 1 aliphatic heterocycles. The first kappa shape index (κ1) is 15.9. The summed E-state index contributed by atoms with van der Waals surface area (Å²) in [5.41, 5.74) is 2.26. The zero-order valence-corrected chi connectivity index (χ0v) is 14.4. The van der Waals surface area contributed by atoms with Crippen molar-refractivity contribution in [3.63, 3.8) is 0 Å². The number of ether oxygens (including phenoxy) is 1. The van der Waals surface area contributed by atoms with E-state index in [9.17, 15) is 0 Å². The van der Waals surface area contributed by atoms with E-state index < -0.39 is 0 Å². The largest absolute Gasteiger partial charge is 0.463 e. The van der Waals surface area contributed by atoms with Gasteiger partial charge in [0.2, 0.25) is 0 Å². The van der Waals surface area contributed by atoms with Crippen molar-refractivity contribution in [2.75, 3.05) is 13.2 Å². The molecule has 0 bridgehead atoms. The standard InChI is InChI=1S/C17H25N5O/c1-12(2)21-6-7-22-15(11-18-16(22)14(21)4)5-8-23-17-19-9-13(3)10-20-17/h9-12,14H,5-8H2,1-4H3. The quantitative estimate of drug-likeness (QED) is 0.848. The summed E-state index contributed by atoms with van der Waals surface area (Å²) in [6, 6.07) is 1.34. The van der Waals surface area contributed by atoms with Crippen LogP contribution in [0.5, 0.6) is 6.01 Å². The van der Waals surface area contributed by atoms with Crippen molar-refractivity contribution in [3.05, 3.63) is 35.7 Å². The van der Waals surface area contributed by atoms with E-state index >= 15 is 0 Å². The van der Waals surface area contributed by atoms with E-state index in [-0.39, 0.29) is 0 Å². The molecule has 2 aromatic rings. The highest BCUT2D eigenvalue weighted by Gasteiger charge is 2.28. The van der Waals surface area contributed by atoms with E-state index in [4.69, 9.17) is 4.74 Å². The highest BCUT2D eigenvalue weighted by atomic mass is 16.5. The van der Waals surface area contributed by atoms with Crippen molar-refractivity contribution in [2.24, 2.45) is 0 Å². The molecule has 0 N–H and O–H groups in total. The summed E-state index contributed by atoms with van der Waals surface area (Å²) in [5, 5.41) is 0. The lowest BCUT2D eigenvalue weighted by atomic mass is 10.1. The van der Waals surface area contributed by atoms with E-state index in [1.54, 1.807) is 12.4 Å². The van der Waals surface area contributed by atoms with Crippen molar-refractivity contribution >= 4 is 0 Å². The molecule has 0 aromatic carbocycles. The first-order valence-corrected chi connectivity index (χ1v) is 8.27.